The first kappa shape index (κ1) is 18.6. The Labute approximate surface area is 140 Å². The second-order valence-electron chi connectivity index (χ2n) is 4.54. The average Bonchev–Trinajstić information content (AvgIpc) is 2.54. The van der Waals surface area contributed by atoms with Crippen molar-refractivity contribution in [1.29, 1.82) is 0 Å². The predicted molar refractivity (Wildman–Crippen MR) is 95.9 cm³/mol. The number of anilines is 1. The summed E-state index contributed by atoms with van der Waals surface area (Å²) in [7, 11) is 1.45. The van der Waals surface area contributed by atoms with Crippen molar-refractivity contribution in [2.24, 2.45) is 0 Å². The Hall–Kier alpha value is -2.44. The maximum atomic E-state index is 10.6. The first-order valence-corrected chi connectivity index (χ1v) is 7.74. The van der Waals surface area contributed by atoms with Gasteiger partial charge in [0.1, 0.15) is 5.75 Å². The summed E-state index contributed by atoms with van der Waals surface area (Å²) in [6.07, 6.45) is 4.99. The SMILES string of the molecule is C=Cc1cc(N)cnc1C=C.COc1cc(C)ccc1S(=O)[O-].[HH]. The summed E-state index contributed by atoms with van der Waals surface area (Å²) in [5.74, 6) is 0.392. The fourth-order valence-corrected chi connectivity index (χ4v) is 2.24. The molecule has 23 heavy (non-hydrogen) atoms. The van der Waals surface area contributed by atoms with E-state index in [-0.39, 0.29) is 6.32 Å². The Balaban J connectivity index is 0.000000425. The molecule has 5 nitrogen and oxygen atoms in total. The third-order valence-electron chi connectivity index (χ3n) is 2.88. The molecule has 0 aliphatic carbocycles. The van der Waals surface area contributed by atoms with Crippen LogP contribution in [0.3, 0.4) is 0 Å². The largest absolute Gasteiger partial charge is 0.768 e. The fraction of sp³-hybridized carbons (Fsp3) is 0.118. The molecule has 0 radical (unpaired) electrons. The van der Waals surface area contributed by atoms with Gasteiger partial charge in [-0.25, -0.2) is 0 Å². The van der Waals surface area contributed by atoms with E-state index in [0.717, 1.165) is 16.8 Å². The zero-order chi connectivity index (χ0) is 17.4. The number of nitrogens with zero attached hydrogens (tertiary/aromatic N) is 1. The maximum Gasteiger partial charge on any atom is 0.134 e. The van der Waals surface area contributed by atoms with E-state index < -0.39 is 11.1 Å². The fourth-order valence-electron chi connectivity index (χ4n) is 1.76. The molecule has 1 aromatic carbocycles. The standard InChI is InChI=1S/C9H10N2.C8H10O3S.H2/c1-3-7-5-8(10)6-11-9(7)4-2;1-6-3-4-8(12(9)10)7(5-6)11-2;/h3-6H,1-2,10H2;3-5H,1-2H3,(H,9,10);1H/p-1. The third kappa shape index (κ3) is 5.36. The van der Waals surface area contributed by atoms with Gasteiger partial charge in [0, 0.05) is 6.99 Å². The first-order valence-electron chi connectivity index (χ1n) is 6.67. The number of nitrogen functional groups attached to an aromatic ring is 1. The summed E-state index contributed by atoms with van der Waals surface area (Å²) in [6, 6.07) is 6.76. The Morgan fingerprint density at radius 1 is 1.35 bits per heavy atom. The lowest BCUT2D eigenvalue weighted by molar-refractivity contribution is 0.401. The Bertz CT molecular complexity index is 736. The van der Waals surface area contributed by atoms with Crippen LogP contribution in [0.1, 0.15) is 18.2 Å². The van der Waals surface area contributed by atoms with E-state index in [1.807, 2.05) is 13.0 Å². The maximum absolute atomic E-state index is 10.6. The summed E-state index contributed by atoms with van der Waals surface area (Å²) >= 11 is -2.22. The van der Waals surface area contributed by atoms with Gasteiger partial charge in [-0.05, 0) is 47.8 Å². The van der Waals surface area contributed by atoms with Gasteiger partial charge in [0.2, 0.25) is 0 Å². The molecule has 0 amide bonds. The Kier molecular flexibility index (Phi) is 7.18. The Morgan fingerprint density at radius 2 is 2.04 bits per heavy atom. The molecular weight excluding hydrogens is 312 g/mol. The van der Waals surface area contributed by atoms with Crippen molar-refractivity contribution in [2.75, 3.05) is 12.8 Å². The summed E-state index contributed by atoms with van der Waals surface area (Å²) < 4.78 is 26.1. The predicted octanol–water partition coefficient (Wildman–Crippen LogP) is 3.44. The smallest absolute Gasteiger partial charge is 0.134 e. The number of pyridine rings is 1. The van der Waals surface area contributed by atoms with E-state index in [1.54, 1.807) is 30.5 Å². The molecule has 2 rings (SSSR count). The molecule has 0 bridgehead atoms. The Morgan fingerprint density at radius 3 is 2.57 bits per heavy atom. The van der Waals surface area contributed by atoms with E-state index in [4.69, 9.17) is 10.5 Å². The molecule has 0 spiro atoms. The van der Waals surface area contributed by atoms with Gasteiger partial charge in [-0.15, -0.1) is 0 Å². The molecule has 1 unspecified atom stereocenters. The average molecular weight is 333 g/mol. The highest BCUT2D eigenvalue weighted by molar-refractivity contribution is 7.79. The molecule has 1 aromatic heterocycles. The van der Waals surface area contributed by atoms with E-state index in [1.165, 1.54) is 13.2 Å². The second-order valence-corrected chi connectivity index (χ2v) is 5.45. The monoisotopic (exact) mass is 333 g/mol. The van der Waals surface area contributed by atoms with Gasteiger partial charge >= 0.3 is 0 Å². The van der Waals surface area contributed by atoms with Crippen LogP contribution in [0.4, 0.5) is 5.69 Å². The highest BCUT2D eigenvalue weighted by Crippen LogP contribution is 2.22. The van der Waals surface area contributed by atoms with Crippen LogP contribution < -0.4 is 10.5 Å². The number of aryl methyl sites for hydroxylation is 1. The van der Waals surface area contributed by atoms with Gasteiger partial charge < -0.3 is 15.0 Å². The molecule has 2 aromatic rings. The summed E-state index contributed by atoms with van der Waals surface area (Å²) in [4.78, 5) is 4.25. The normalized spacial score (nSPS) is 10.9. The molecule has 1 atom stereocenters. The first-order chi connectivity index (χ1) is 10.9. The van der Waals surface area contributed by atoms with Crippen LogP contribution in [0.15, 0.2) is 48.5 Å². The van der Waals surface area contributed by atoms with Crippen LogP contribution in [-0.2, 0) is 11.1 Å². The second kappa shape index (κ2) is 8.87. The minimum Gasteiger partial charge on any atom is -0.768 e. The van der Waals surface area contributed by atoms with Crippen LogP contribution in [0.5, 0.6) is 5.75 Å². The molecule has 0 aliphatic heterocycles. The van der Waals surface area contributed by atoms with Crippen molar-refractivity contribution in [3.05, 3.63) is 60.4 Å². The molecular formula is C17H21N2O3S-. The quantitative estimate of drug-likeness (QED) is 0.866. The summed E-state index contributed by atoms with van der Waals surface area (Å²) in [5.41, 5.74) is 8.86. The number of aromatic nitrogens is 1. The number of ether oxygens (including phenoxy) is 1. The van der Waals surface area contributed by atoms with E-state index >= 15 is 0 Å². The van der Waals surface area contributed by atoms with Crippen molar-refractivity contribution in [1.82, 2.24) is 4.98 Å². The topological polar surface area (TPSA) is 88.3 Å². The molecule has 124 valence electrons. The summed E-state index contributed by atoms with van der Waals surface area (Å²) in [6.45, 7) is 9.13. The minimum atomic E-state index is -2.22. The minimum absolute atomic E-state index is 0. The van der Waals surface area contributed by atoms with Gasteiger partial charge in [-0.2, -0.15) is 0 Å². The zero-order valence-electron chi connectivity index (χ0n) is 13.1. The van der Waals surface area contributed by atoms with Gasteiger partial charge in [0.05, 0.1) is 29.6 Å². The highest BCUT2D eigenvalue weighted by Gasteiger charge is 2.02. The lowest BCUT2D eigenvalue weighted by Gasteiger charge is -2.10. The molecule has 2 N–H and O–H groups in total. The molecule has 0 saturated heterocycles. The van der Waals surface area contributed by atoms with Crippen LogP contribution in [0, 0.1) is 6.92 Å². The molecule has 0 aliphatic rings. The highest BCUT2D eigenvalue weighted by atomic mass is 32.2. The van der Waals surface area contributed by atoms with Crippen LogP contribution in [0.25, 0.3) is 12.2 Å². The van der Waals surface area contributed by atoms with Crippen molar-refractivity contribution in [2.45, 2.75) is 11.8 Å². The number of hydrogen-bond donors (Lipinski definition) is 1. The van der Waals surface area contributed by atoms with Crippen molar-refractivity contribution in [3.8, 4) is 5.75 Å². The van der Waals surface area contributed by atoms with Crippen LogP contribution in [0.2, 0.25) is 0 Å². The lowest BCUT2D eigenvalue weighted by Crippen LogP contribution is -1.94. The van der Waals surface area contributed by atoms with Crippen molar-refractivity contribution >= 4 is 28.9 Å². The van der Waals surface area contributed by atoms with E-state index in [9.17, 15) is 8.76 Å². The molecule has 0 saturated carbocycles. The molecule has 6 heteroatoms. The lowest BCUT2D eigenvalue weighted by atomic mass is 10.2. The molecule has 1 heterocycles. The van der Waals surface area contributed by atoms with E-state index in [2.05, 4.69) is 18.1 Å². The van der Waals surface area contributed by atoms with Crippen LogP contribution in [-0.4, -0.2) is 20.9 Å². The van der Waals surface area contributed by atoms with Crippen molar-refractivity contribution in [3.63, 3.8) is 0 Å². The summed E-state index contributed by atoms with van der Waals surface area (Å²) in [5, 5.41) is 0. The zero-order valence-corrected chi connectivity index (χ0v) is 13.9. The number of benzene rings is 1. The number of hydrogen-bond acceptors (Lipinski definition) is 5. The van der Waals surface area contributed by atoms with Gasteiger partial charge in [-0.1, -0.05) is 25.3 Å². The van der Waals surface area contributed by atoms with E-state index in [0.29, 0.717) is 11.4 Å². The van der Waals surface area contributed by atoms with Gasteiger partial charge in [0.25, 0.3) is 0 Å². The molecule has 0 fully saturated rings. The third-order valence-corrected chi connectivity index (χ3v) is 3.58. The van der Waals surface area contributed by atoms with Gasteiger partial charge in [0.15, 0.2) is 0 Å². The van der Waals surface area contributed by atoms with Crippen molar-refractivity contribution < 1.29 is 14.9 Å². The number of methoxy groups -OCH3 is 1. The number of rotatable bonds is 4. The number of nitrogens with two attached hydrogens (primary N) is 1. The van der Waals surface area contributed by atoms with Gasteiger partial charge in [-0.3, -0.25) is 9.19 Å². The van der Waals surface area contributed by atoms with Crippen LogP contribution >= 0.6 is 0 Å².